The Bertz CT molecular complexity index is 552. The lowest BCUT2D eigenvalue weighted by Crippen LogP contribution is -2.58. The SMILES string of the molecule is CC(C)/N=N/C(C)(C)NC(=S)NNC(=O)NNC(=S)NC(C)(C)/N=N/C(C)C. The summed E-state index contributed by atoms with van der Waals surface area (Å²) in [6.07, 6.45) is 0. The zero-order chi connectivity index (χ0) is 22.0. The van der Waals surface area contributed by atoms with Gasteiger partial charge in [0.25, 0.3) is 0 Å². The summed E-state index contributed by atoms with van der Waals surface area (Å²) in [7, 11) is 0. The van der Waals surface area contributed by atoms with Crippen LogP contribution in [-0.4, -0.2) is 39.7 Å². The number of azo groups is 2. The molecule has 0 unspecified atom stereocenters. The van der Waals surface area contributed by atoms with E-state index in [0.29, 0.717) is 0 Å². The van der Waals surface area contributed by atoms with E-state index in [2.05, 4.69) is 52.8 Å². The average molecular weight is 433 g/mol. The Balaban J connectivity index is 4.28. The van der Waals surface area contributed by atoms with Crippen LogP contribution in [0.3, 0.4) is 0 Å². The molecule has 0 aromatic rings. The van der Waals surface area contributed by atoms with Crippen molar-refractivity contribution in [3.8, 4) is 0 Å². The Hall–Kier alpha value is -2.15. The van der Waals surface area contributed by atoms with Crippen molar-refractivity contribution in [2.24, 2.45) is 20.5 Å². The number of carbonyl (C=O) groups is 1. The Morgan fingerprint density at radius 2 is 1.04 bits per heavy atom. The fraction of sp³-hybridized carbons (Fsp3) is 0.800. The van der Waals surface area contributed by atoms with Gasteiger partial charge in [0.1, 0.15) is 11.3 Å². The van der Waals surface area contributed by atoms with Gasteiger partial charge >= 0.3 is 6.03 Å². The molecule has 11 nitrogen and oxygen atoms in total. The standard InChI is InChI=1S/C15H32N10OS2/c1-9(2)18-24-14(5,6)16-12(27)22-20-11(26)21-23-13(28)17-15(7,8)25-19-10(3)4/h9-10H,1-8H3,(H2,16,22,27)(H2,17,23,28)(H2,20,21,26)/b24-18+,25-19+. The highest BCUT2D eigenvalue weighted by atomic mass is 32.1. The van der Waals surface area contributed by atoms with Crippen molar-refractivity contribution in [1.82, 2.24) is 32.3 Å². The number of urea groups is 1. The Morgan fingerprint density at radius 3 is 1.32 bits per heavy atom. The lowest BCUT2D eigenvalue weighted by molar-refractivity contribution is 0.237. The second-order valence-corrected chi connectivity index (χ2v) is 8.29. The van der Waals surface area contributed by atoms with E-state index in [1.165, 1.54) is 0 Å². The van der Waals surface area contributed by atoms with Gasteiger partial charge in [-0.25, -0.2) is 15.6 Å². The molecule has 0 radical (unpaired) electrons. The van der Waals surface area contributed by atoms with E-state index in [9.17, 15) is 4.79 Å². The molecule has 6 N–H and O–H groups in total. The molecule has 28 heavy (non-hydrogen) atoms. The Kier molecular flexibility index (Phi) is 10.7. The molecule has 13 heteroatoms. The summed E-state index contributed by atoms with van der Waals surface area (Å²) >= 11 is 10.2. The van der Waals surface area contributed by atoms with Crippen LogP contribution >= 0.6 is 24.4 Å². The highest BCUT2D eigenvalue weighted by Crippen LogP contribution is 2.06. The molecule has 0 rings (SSSR count). The number of hydrogen-bond acceptors (Lipinski definition) is 7. The average Bonchev–Trinajstić information content (AvgIpc) is 2.54. The van der Waals surface area contributed by atoms with Gasteiger partial charge in [0.05, 0.1) is 12.1 Å². The van der Waals surface area contributed by atoms with Gasteiger partial charge in [-0.2, -0.15) is 20.5 Å². The zero-order valence-electron chi connectivity index (χ0n) is 17.7. The molecule has 0 aromatic heterocycles. The quantitative estimate of drug-likeness (QED) is 0.215. The predicted octanol–water partition coefficient (Wildman–Crippen LogP) is 2.24. The third-order valence-electron chi connectivity index (χ3n) is 2.50. The third-order valence-corrected chi connectivity index (χ3v) is 2.90. The number of nitrogens with one attached hydrogen (secondary N) is 6. The molecular weight excluding hydrogens is 400 g/mol. The van der Waals surface area contributed by atoms with Gasteiger partial charge in [0.15, 0.2) is 10.2 Å². The number of hydrogen-bond donors (Lipinski definition) is 6. The summed E-state index contributed by atoms with van der Waals surface area (Å²) < 4.78 is 0. The minimum Gasteiger partial charge on any atom is -0.336 e. The van der Waals surface area contributed by atoms with Crippen LogP contribution in [0.15, 0.2) is 20.5 Å². The molecule has 0 fully saturated rings. The van der Waals surface area contributed by atoms with E-state index in [4.69, 9.17) is 24.4 Å². The van der Waals surface area contributed by atoms with Gasteiger partial charge in [0.2, 0.25) is 0 Å². The molecule has 0 saturated carbocycles. The largest absolute Gasteiger partial charge is 0.352 e. The first-order valence-corrected chi connectivity index (χ1v) is 9.60. The van der Waals surface area contributed by atoms with Crippen molar-refractivity contribution < 1.29 is 4.79 Å². The molecule has 2 amide bonds. The molecule has 0 spiro atoms. The van der Waals surface area contributed by atoms with E-state index in [1.54, 1.807) is 27.7 Å². The maximum absolute atomic E-state index is 11.8. The number of amides is 2. The fourth-order valence-corrected chi connectivity index (χ4v) is 2.05. The van der Waals surface area contributed by atoms with Crippen LogP contribution in [0.5, 0.6) is 0 Å². The highest BCUT2D eigenvalue weighted by Gasteiger charge is 2.19. The summed E-state index contributed by atoms with van der Waals surface area (Å²) in [5.74, 6) is 0. The molecule has 0 aliphatic rings. The summed E-state index contributed by atoms with van der Waals surface area (Å²) in [6.45, 7) is 14.9. The summed E-state index contributed by atoms with van der Waals surface area (Å²) in [4.78, 5) is 11.8. The zero-order valence-corrected chi connectivity index (χ0v) is 19.3. The Morgan fingerprint density at radius 1 is 0.714 bits per heavy atom. The summed E-state index contributed by atoms with van der Waals surface area (Å²) in [5, 5.41) is 22.6. The normalized spacial score (nSPS) is 12.4. The van der Waals surface area contributed by atoms with Crippen LogP contribution < -0.4 is 32.3 Å². The molecular formula is C15H32N10OS2. The van der Waals surface area contributed by atoms with Crippen LogP contribution in [-0.2, 0) is 0 Å². The fourth-order valence-electron chi connectivity index (χ4n) is 1.45. The molecule has 160 valence electrons. The van der Waals surface area contributed by atoms with Gasteiger partial charge in [0, 0.05) is 0 Å². The maximum atomic E-state index is 11.8. The van der Waals surface area contributed by atoms with Crippen LogP contribution in [0.25, 0.3) is 0 Å². The first-order chi connectivity index (χ1) is 12.7. The lowest BCUT2D eigenvalue weighted by Gasteiger charge is -2.24. The van der Waals surface area contributed by atoms with Crippen LogP contribution in [0, 0.1) is 0 Å². The Labute approximate surface area is 177 Å². The van der Waals surface area contributed by atoms with Crippen LogP contribution in [0.4, 0.5) is 4.79 Å². The molecule has 0 aliphatic carbocycles. The lowest BCUT2D eigenvalue weighted by atomic mass is 10.3. The topological polar surface area (TPSA) is 139 Å². The number of carbonyl (C=O) groups excluding carboxylic acids is 1. The highest BCUT2D eigenvalue weighted by molar-refractivity contribution is 7.80. The minimum atomic E-state index is -0.716. The van der Waals surface area contributed by atoms with Crippen molar-refractivity contribution in [1.29, 1.82) is 0 Å². The number of rotatable bonds is 6. The van der Waals surface area contributed by atoms with Crippen molar-refractivity contribution in [3.05, 3.63) is 0 Å². The second-order valence-electron chi connectivity index (χ2n) is 7.47. The smallest absolute Gasteiger partial charge is 0.336 e. The number of hydrazine groups is 2. The van der Waals surface area contributed by atoms with E-state index in [0.717, 1.165) is 0 Å². The van der Waals surface area contributed by atoms with E-state index < -0.39 is 17.4 Å². The first kappa shape index (κ1) is 25.9. The van der Waals surface area contributed by atoms with Gasteiger partial charge in [-0.05, 0) is 79.8 Å². The van der Waals surface area contributed by atoms with Crippen molar-refractivity contribution in [2.45, 2.75) is 78.8 Å². The van der Waals surface area contributed by atoms with E-state index >= 15 is 0 Å². The molecule has 0 atom stereocenters. The molecule has 0 heterocycles. The maximum Gasteiger partial charge on any atom is 0.352 e. The number of nitrogens with zero attached hydrogens (tertiary/aromatic N) is 4. The predicted molar refractivity (Wildman–Crippen MR) is 118 cm³/mol. The summed E-state index contributed by atoms with van der Waals surface area (Å²) in [6, 6.07) is -0.449. The van der Waals surface area contributed by atoms with Crippen molar-refractivity contribution >= 4 is 40.7 Å². The minimum absolute atomic E-state index is 0.0758. The molecule has 0 aliphatic heterocycles. The van der Waals surface area contributed by atoms with Crippen LogP contribution in [0.1, 0.15) is 55.4 Å². The third kappa shape index (κ3) is 14.0. The number of thiocarbonyl (C=S) groups is 2. The van der Waals surface area contributed by atoms with Gasteiger partial charge < -0.3 is 10.6 Å². The van der Waals surface area contributed by atoms with Crippen molar-refractivity contribution in [3.63, 3.8) is 0 Å². The van der Waals surface area contributed by atoms with Gasteiger partial charge in [-0.3, -0.25) is 10.9 Å². The van der Waals surface area contributed by atoms with Gasteiger partial charge in [-0.15, -0.1) is 0 Å². The van der Waals surface area contributed by atoms with Crippen molar-refractivity contribution in [2.75, 3.05) is 0 Å². The first-order valence-electron chi connectivity index (χ1n) is 8.79. The monoisotopic (exact) mass is 432 g/mol. The molecule has 0 bridgehead atoms. The molecule has 0 saturated heterocycles. The van der Waals surface area contributed by atoms with E-state index in [1.807, 2.05) is 27.7 Å². The van der Waals surface area contributed by atoms with Gasteiger partial charge in [-0.1, -0.05) is 0 Å². The summed E-state index contributed by atoms with van der Waals surface area (Å²) in [5.41, 5.74) is 8.39. The molecule has 0 aromatic carbocycles. The van der Waals surface area contributed by atoms with E-state index in [-0.39, 0.29) is 22.3 Å². The van der Waals surface area contributed by atoms with Crippen LogP contribution in [0.2, 0.25) is 0 Å². The second kappa shape index (κ2) is 11.6.